The molecule has 41 heavy (non-hydrogen) atoms. The predicted octanol–water partition coefficient (Wildman–Crippen LogP) is 9.83. The van der Waals surface area contributed by atoms with Crippen LogP contribution in [0.3, 0.4) is 0 Å². The van der Waals surface area contributed by atoms with Crippen molar-refractivity contribution < 1.29 is 0 Å². The zero-order valence-electron chi connectivity index (χ0n) is 22.1. The molecule has 3 aromatic heterocycles. The van der Waals surface area contributed by atoms with Crippen molar-refractivity contribution in [2.75, 3.05) is 0 Å². The third-order valence-electron chi connectivity index (χ3n) is 8.37. The van der Waals surface area contributed by atoms with Gasteiger partial charge in [0.2, 0.25) is 0 Å². The first kappa shape index (κ1) is 22.3. The largest absolute Gasteiger partial charge is 0.292 e. The standard InChI is InChI=1S/C38H23N3/c1-2-8-26-21-29(15-14-24(26)7-1)27-9-5-10-28(22-27)30-17-19-34-32(23-30)31-18-16-25-11-6-20-39-37(25)36(31)38-40-33-12-3-4-13-35(33)41(34)38/h1-23H. The van der Waals surface area contributed by atoms with Gasteiger partial charge in [-0.05, 0) is 80.9 Å². The zero-order chi connectivity index (χ0) is 26.9. The molecule has 0 radical (unpaired) electrons. The molecule has 0 aliphatic heterocycles. The lowest BCUT2D eigenvalue weighted by Gasteiger charge is -2.13. The van der Waals surface area contributed by atoms with Crippen LogP contribution < -0.4 is 0 Å². The Hall–Kier alpha value is -5.54. The zero-order valence-corrected chi connectivity index (χ0v) is 22.1. The van der Waals surface area contributed by atoms with Gasteiger partial charge in [-0.25, -0.2) is 4.98 Å². The molecular weight excluding hydrogens is 498 g/mol. The fourth-order valence-electron chi connectivity index (χ4n) is 6.41. The van der Waals surface area contributed by atoms with E-state index in [2.05, 4.69) is 132 Å². The molecule has 0 unspecified atom stereocenters. The quantitative estimate of drug-likeness (QED) is 0.212. The van der Waals surface area contributed by atoms with E-state index in [1.54, 1.807) is 0 Å². The molecule has 0 spiro atoms. The van der Waals surface area contributed by atoms with Crippen molar-refractivity contribution in [3.8, 4) is 22.3 Å². The lowest BCUT2D eigenvalue weighted by atomic mass is 9.95. The van der Waals surface area contributed by atoms with Crippen molar-refractivity contribution in [3.63, 3.8) is 0 Å². The Morgan fingerprint density at radius 2 is 1.20 bits per heavy atom. The first-order chi connectivity index (χ1) is 20.3. The number of benzene rings is 6. The highest BCUT2D eigenvalue weighted by Gasteiger charge is 2.17. The molecule has 0 aliphatic carbocycles. The molecule has 3 nitrogen and oxygen atoms in total. The number of pyridine rings is 2. The molecule has 190 valence electrons. The third-order valence-corrected chi connectivity index (χ3v) is 8.37. The summed E-state index contributed by atoms with van der Waals surface area (Å²) in [6.07, 6.45) is 1.87. The summed E-state index contributed by atoms with van der Waals surface area (Å²) in [5, 5.41) is 7.08. The fourth-order valence-corrected chi connectivity index (χ4v) is 6.41. The summed E-state index contributed by atoms with van der Waals surface area (Å²) in [7, 11) is 0. The smallest absolute Gasteiger partial charge is 0.148 e. The van der Waals surface area contributed by atoms with Gasteiger partial charge >= 0.3 is 0 Å². The summed E-state index contributed by atoms with van der Waals surface area (Å²) in [6.45, 7) is 0. The molecule has 9 aromatic rings. The van der Waals surface area contributed by atoms with Gasteiger partial charge in [-0.15, -0.1) is 0 Å². The number of rotatable bonds is 2. The minimum Gasteiger partial charge on any atom is -0.292 e. The number of nitrogens with zero attached hydrogens (tertiary/aromatic N) is 3. The molecule has 0 amide bonds. The minimum absolute atomic E-state index is 0.948. The number of aromatic nitrogens is 3. The summed E-state index contributed by atoms with van der Waals surface area (Å²) < 4.78 is 2.30. The molecule has 0 aliphatic rings. The second-order valence-corrected chi connectivity index (χ2v) is 10.7. The van der Waals surface area contributed by atoms with E-state index in [1.165, 1.54) is 43.8 Å². The van der Waals surface area contributed by atoms with Gasteiger partial charge in [-0.3, -0.25) is 9.38 Å². The molecular formula is C38H23N3. The van der Waals surface area contributed by atoms with Crippen LogP contribution in [0.5, 0.6) is 0 Å². The van der Waals surface area contributed by atoms with E-state index >= 15 is 0 Å². The maximum atomic E-state index is 5.11. The van der Waals surface area contributed by atoms with Gasteiger partial charge in [0.15, 0.2) is 0 Å². The normalized spacial score (nSPS) is 11.9. The van der Waals surface area contributed by atoms with Crippen molar-refractivity contribution in [1.82, 2.24) is 14.4 Å². The van der Waals surface area contributed by atoms with Crippen LogP contribution in [-0.2, 0) is 0 Å². The topological polar surface area (TPSA) is 30.2 Å². The van der Waals surface area contributed by atoms with Crippen molar-refractivity contribution in [2.45, 2.75) is 0 Å². The van der Waals surface area contributed by atoms with Gasteiger partial charge in [-0.1, -0.05) is 91.0 Å². The summed E-state index contributed by atoms with van der Waals surface area (Å²) in [6, 6.07) is 47.8. The second-order valence-electron chi connectivity index (χ2n) is 10.7. The SMILES string of the molecule is c1cc(-c2ccc3ccccc3c2)cc(-c2ccc3c(c2)c2ccc4cccnc4c2c2nc4ccccc4n32)c1. The van der Waals surface area contributed by atoms with Gasteiger partial charge < -0.3 is 0 Å². The highest BCUT2D eigenvalue weighted by molar-refractivity contribution is 6.22. The molecule has 0 atom stereocenters. The van der Waals surface area contributed by atoms with Crippen molar-refractivity contribution >= 4 is 60.0 Å². The Kier molecular flexibility index (Phi) is 4.61. The van der Waals surface area contributed by atoms with E-state index < -0.39 is 0 Å². The summed E-state index contributed by atoms with van der Waals surface area (Å²) in [5.74, 6) is 0. The Morgan fingerprint density at radius 3 is 2.12 bits per heavy atom. The first-order valence-electron chi connectivity index (χ1n) is 13.9. The van der Waals surface area contributed by atoms with Gasteiger partial charge in [0.25, 0.3) is 0 Å². The van der Waals surface area contributed by atoms with Crippen LogP contribution in [0.2, 0.25) is 0 Å². The van der Waals surface area contributed by atoms with E-state index in [1.807, 2.05) is 12.3 Å². The Morgan fingerprint density at radius 1 is 0.463 bits per heavy atom. The average molecular weight is 522 g/mol. The van der Waals surface area contributed by atoms with Crippen LogP contribution in [-0.4, -0.2) is 14.4 Å². The van der Waals surface area contributed by atoms with Gasteiger partial charge in [0, 0.05) is 17.0 Å². The first-order valence-corrected chi connectivity index (χ1v) is 13.9. The van der Waals surface area contributed by atoms with Crippen LogP contribution in [0.25, 0.3) is 82.3 Å². The predicted molar refractivity (Wildman–Crippen MR) is 171 cm³/mol. The van der Waals surface area contributed by atoms with Crippen LogP contribution in [0.15, 0.2) is 140 Å². The second kappa shape index (κ2) is 8.48. The van der Waals surface area contributed by atoms with E-state index in [4.69, 9.17) is 9.97 Å². The van der Waals surface area contributed by atoms with Gasteiger partial charge in [0.1, 0.15) is 5.65 Å². The lowest BCUT2D eigenvalue weighted by Crippen LogP contribution is -1.94. The van der Waals surface area contributed by atoms with Crippen molar-refractivity contribution in [1.29, 1.82) is 0 Å². The average Bonchev–Trinajstić information content (AvgIpc) is 3.44. The van der Waals surface area contributed by atoms with Crippen LogP contribution >= 0.6 is 0 Å². The summed E-state index contributed by atoms with van der Waals surface area (Å²) in [5.41, 5.74) is 9.98. The Labute approximate surface area is 236 Å². The third kappa shape index (κ3) is 3.33. The van der Waals surface area contributed by atoms with E-state index in [9.17, 15) is 0 Å². The highest BCUT2D eigenvalue weighted by Crippen LogP contribution is 2.38. The van der Waals surface area contributed by atoms with Crippen molar-refractivity contribution in [2.24, 2.45) is 0 Å². The summed E-state index contributed by atoms with van der Waals surface area (Å²) in [4.78, 5) is 9.94. The molecule has 9 rings (SSSR count). The number of hydrogen-bond donors (Lipinski definition) is 0. The molecule has 0 saturated heterocycles. The number of imidazole rings is 1. The van der Waals surface area contributed by atoms with E-state index in [-0.39, 0.29) is 0 Å². The minimum atomic E-state index is 0.948. The monoisotopic (exact) mass is 521 g/mol. The van der Waals surface area contributed by atoms with Crippen molar-refractivity contribution in [3.05, 3.63) is 140 Å². The number of fused-ring (bicyclic) bond motifs is 11. The lowest BCUT2D eigenvalue weighted by molar-refractivity contribution is 1.31. The van der Waals surface area contributed by atoms with Crippen LogP contribution in [0.4, 0.5) is 0 Å². The number of hydrogen-bond acceptors (Lipinski definition) is 2. The maximum Gasteiger partial charge on any atom is 0.148 e. The Balaban J connectivity index is 1.32. The molecule has 3 heterocycles. The Bertz CT molecular complexity index is 2490. The van der Waals surface area contributed by atoms with Gasteiger partial charge in [0.05, 0.1) is 27.5 Å². The molecule has 3 heteroatoms. The van der Waals surface area contributed by atoms with E-state index in [0.29, 0.717) is 0 Å². The molecule has 0 bridgehead atoms. The molecule has 0 N–H and O–H groups in total. The maximum absolute atomic E-state index is 5.11. The number of para-hydroxylation sites is 2. The fraction of sp³-hybridized carbons (Fsp3) is 0. The van der Waals surface area contributed by atoms with E-state index in [0.717, 1.165) is 38.5 Å². The molecule has 6 aromatic carbocycles. The van der Waals surface area contributed by atoms with Gasteiger partial charge in [-0.2, -0.15) is 0 Å². The molecule has 0 saturated carbocycles. The highest BCUT2D eigenvalue weighted by atomic mass is 15.0. The molecule has 0 fully saturated rings. The van der Waals surface area contributed by atoms with Crippen LogP contribution in [0, 0.1) is 0 Å². The van der Waals surface area contributed by atoms with Crippen LogP contribution in [0.1, 0.15) is 0 Å². The summed E-state index contributed by atoms with van der Waals surface area (Å²) >= 11 is 0.